The summed E-state index contributed by atoms with van der Waals surface area (Å²) in [5, 5.41) is 14.8. The molecule has 3 rings (SSSR count). The lowest BCUT2D eigenvalue weighted by atomic mass is 10.0. The summed E-state index contributed by atoms with van der Waals surface area (Å²) in [6.07, 6.45) is 0. The van der Waals surface area contributed by atoms with E-state index in [1.165, 1.54) is 23.8 Å². The van der Waals surface area contributed by atoms with Crippen molar-refractivity contribution >= 4 is 34.0 Å². The van der Waals surface area contributed by atoms with Crippen LogP contribution in [-0.2, 0) is 4.79 Å². The highest BCUT2D eigenvalue weighted by atomic mass is 32.1. The molecule has 0 atom stereocenters. The summed E-state index contributed by atoms with van der Waals surface area (Å²) in [4.78, 5) is 23.4. The maximum Gasteiger partial charge on any atom is 0.257 e. The summed E-state index contributed by atoms with van der Waals surface area (Å²) in [5.74, 6) is 0.0394. The van der Waals surface area contributed by atoms with Crippen molar-refractivity contribution < 1.29 is 9.59 Å². The lowest BCUT2D eigenvalue weighted by Gasteiger charge is -2.05. The molecule has 1 aromatic heterocycles. The summed E-state index contributed by atoms with van der Waals surface area (Å²) >= 11 is 1.32. The van der Waals surface area contributed by atoms with Crippen molar-refractivity contribution in [1.29, 1.82) is 0 Å². The van der Waals surface area contributed by atoms with Crippen molar-refractivity contribution in [2.24, 2.45) is 0 Å². The first-order valence-electron chi connectivity index (χ1n) is 8.55. The Morgan fingerprint density at radius 1 is 0.926 bits per heavy atom. The summed E-state index contributed by atoms with van der Waals surface area (Å²) in [6.45, 7) is 5.73. The highest BCUT2D eigenvalue weighted by Gasteiger charge is 2.12. The maximum atomic E-state index is 12.4. The third kappa shape index (κ3) is 4.77. The molecule has 0 aliphatic rings. The molecule has 2 aromatic carbocycles. The topological polar surface area (TPSA) is 84.0 Å². The van der Waals surface area contributed by atoms with Gasteiger partial charge in [0.25, 0.3) is 5.91 Å². The van der Waals surface area contributed by atoms with Crippen LogP contribution in [0.5, 0.6) is 0 Å². The van der Waals surface area contributed by atoms with Gasteiger partial charge in [-0.3, -0.25) is 14.9 Å². The molecule has 3 aromatic rings. The number of anilines is 2. The molecule has 0 saturated carbocycles. The molecule has 2 amide bonds. The Hall–Kier alpha value is -3.06. The van der Waals surface area contributed by atoms with E-state index in [0.717, 1.165) is 10.6 Å². The number of hydrogen-bond donors (Lipinski definition) is 2. The summed E-state index contributed by atoms with van der Waals surface area (Å²) < 4.78 is 0. The van der Waals surface area contributed by atoms with Crippen LogP contribution in [0.1, 0.15) is 42.6 Å². The van der Waals surface area contributed by atoms with E-state index in [1.807, 2.05) is 12.1 Å². The van der Waals surface area contributed by atoms with Crippen molar-refractivity contribution in [2.45, 2.75) is 26.7 Å². The fraction of sp³-hybridized carbons (Fsp3) is 0.200. The smallest absolute Gasteiger partial charge is 0.257 e. The van der Waals surface area contributed by atoms with Crippen molar-refractivity contribution in [2.75, 3.05) is 10.6 Å². The molecule has 0 spiro atoms. The van der Waals surface area contributed by atoms with Gasteiger partial charge in [-0.2, -0.15) is 0 Å². The van der Waals surface area contributed by atoms with E-state index in [1.54, 1.807) is 24.3 Å². The number of aromatic nitrogens is 2. The predicted octanol–water partition coefficient (Wildman–Crippen LogP) is 4.54. The molecule has 0 aliphatic carbocycles. The second kappa shape index (κ2) is 8.09. The van der Waals surface area contributed by atoms with Crippen LogP contribution in [0.25, 0.3) is 10.6 Å². The predicted molar refractivity (Wildman–Crippen MR) is 108 cm³/mol. The van der Waals surface area contributed by atoms with Gasteiger partial charge in [-0.25, -0.2) is 0 Å². The first-order chi connectivity index (χ1) is 12.9. The molecule has 0 saturated heterocycles. The zero-order chi connectivity index (χ0) is 19.4. The SMILES string of the molecule is CC(=O)Nc1ccc(C(=O)Nc2nnc(-c3ccc(C(C)C)cc3)s2)cc1. The Balaban J connectivity index is 1.68. The molecule has 0 fully saturated rings. The molecule has 7 heteroatoms. The molecule has 0 radical (unpaired) electrons. The maximum absolute atomic E-state index is 12.4. The van der Waals surface area contributed by atoms with Crippen LogP contribution >= 0.6 is 11.3 Å². The molecule has 0 unspecified atom stereocenters. The van der Waals surface area contributed by atoms with Gasteiger partial charge in [0.05, 0.1) is 0 Å². The fourth-order valence-electron chi connectivity index (χ4n) is 2.48. The largest absolute Gasteiger partial charge is 0.326 e. The van der Waals surface area contributed by atoms with Crippen LogP contribution in [0.2, 0.25) is 0 Å². The van der Waals surface area contributed by atoms with E-state index in [-0.39, 0.29) is 11.8 Å². The van der Waals surface area contributed by atoms with Crippen LogP contribution in [0, 0.1) is 0 Å². The second-order valence-electron chi connectivity index (χ2n) is 6.40. The van der Waals surface area contributed by atoms with Crippen LogP contribution in [-0.4, -0.2) is 22.0 Å². The number of amides is 2. The lowest BCUT2D eigenvalue weighted by molar-refractivity contribution is -0.114. The number of rotatable bonds is 5. The van der Waals surface area contributed by atoms with Crippen LogP contribution in [0.4, 0.5) is 10.8 Å². The normalized spacial score (nSPS) is 10.7. The third-order valence-corrected chi connectivity index (χ3v) is 4.82. The Morgan fingerprint density at radius 3 is 2.19 bits per heavy atom. The number of carbonyl (C=O) groups excluding carboxylic acids is 2. The number of carbonyl (C=O) groups is 2. The minimum Gasteiger partial charge on any atom is -0.326 e. The van der Waals surface area contributed by atoms with Gasteiger partial charge < -0.3 is 5.32 Å². The van der Waals surface area contributed by atoms with Gasteiger partial charge in [-0.05, 0) is 35.7 Å². The van der Waals surface area contributed by atoms with Gasteiger partial charge in [-0.1, -0.05) is 49.4 Å². The summed E-state index contributed by atoms with van der Waals surface area (Å²) in [6, 6.07) is 14.8. The molecular formula is C20H20N4O2S. The molecule has 2 N–H and O–H groups in total. The lowest BCUT2D eigenvalue weighted by Crippen LogP contribution is -2.12. The molecule has 0 bridgehead atoms. The van der Waals surface area contributed by atoms with Crippen molar-refractivity contribution in [3.63, 3.8) is 0 Å². The Bertz CT molecular complexity index is 947. The summed E-state index contributed by atoms with van der Waals surface area (Å²) in [5.41, 5.74) is 3.35. The van der Waals surface area contributed by atoms with Gasteiger partial charge in [0.15, 0.2) is 0 Å². The second-order valence-corrected chi connectivity index (χ2v) is 7.38. The van der Waals surface area contributed by atoms with Crippen molar-refractivity contribution in [3.8, 4) is 10.6 Å². The summed E-state index contributed by atoms with van der Waals surface area (Å²) in [7, 11) is 0. The monoisotopic (exact) mass is 380 g/mol. The van der Waals surface area contributed by atoms with Gasteiger partial charge in [0.2, 0.25) is 11.0 Å². The van der Waals surface area contributed by atoms with Crippen LogP contribution in [0.15, 0.2) is 48.5 Å². The average Bonchev–Trinajstić information content (AvgIpc) is 3.10. The molecule has 0 aliphatic heterocycles. The molecule has 1 heterocycles. The zero-order valence-corrected chi connectivity index (χ0v) is 16.1. The van der Waals surface area contributed by atoms with Gasteiger partial charge in [0.1, 0.15) is 5.01 Å². The minimum atomic E-state index is -0.276. The van der Waals surface area contributed by atoms with Gasteiger partial charge >= 0.3 is 0 Å². The van der Waals surface area contributed by atoms with E-state index >= 15 is 0 Å². The van der Waals surface area contributed by atoms with E-state index in [2.05, 4.69) is 46.8 Å². The first kappa shape index (κ1) is 18.7. The first-order valence-corrected chi connectivity index (χ1v) is 9.37. The van der Waals surface area contributed by atoms with Crippen LogP contribution in [0.3, 0.4) is 0 Å². The fourth-order valence-corrected chi connectivity index (χ4v) is 3.22. The Labute approximate surface area is 161 Å². The Kier molecular flexibility index (Phi) is 5.61. The zero-order valence-electron chi connectivity index (χ0n) is 15.3. The van der Waals surface area contributed by atoms with Gasteiger partial charge in [-0.15, -0.1) is 10.2 Å². The molecule has 27 heavy (non-hydrogen) atoms. The minimum absolute atomic E-state index is 0.157. The molecule has 6 nitrogen and oxygen atoms in total. The van der Waals surface area contributed by atoms with Crippen molar-refractivity contribution in [3.05, 3.63) is 59.7 Å². The highest BCUT2D eigenvalue weighted by molar-refractivity contribution is 7.18. The average molecular weight is 380 g/mol. The standard InChI is InChI=1S/C20H20N4O2S/c1-12(2)14-4-6-16(7-5-14)19-23-24-20(27-19)22-18(26)15-8-10-17(11-9-15)21-13(3)25/h4-12H,1-3H3,(H,21,25)(H,22,24,26). The van der Waals surface area contributed by atoms with E-state index < -0.39 is 0 Å². The quantitative estimate of drug-likeness (QED) is 0.681. The third-order valence-electron chi connectivity index (χ3n) is 3.94. The van der Waals surface area contributed by atoms with E-state index in [4.69, 9.17) is 0 Å². The van der Waals surface area contributed by atoms with Crippen molar-refractivity contribution in [1.82, 2.24) is 10.2 Å². The van der Waals surface area contributed by atoms with E-state index in [9.17, 15) is 9.59 Å². The number of hydrogen-bond acceptors (Lipinski definition) is 5. The van der Waals surface area contributed by atoms with E-state index in [0.29, 0.717) is 22.3 Å². The van der Waals surface area contributed by atoms with Gasteiger partial charge in [0, 0.05) is 23.7 Å². The highest BCUT2D eigenvalue weighted by Crippen LogP contribution is 2.28. The van der Waals surface area contributed by atoms with Crippen LogP contribution < -0.4 is 10.6 Å². The number of benzene rings is 2. The Morgan fingerprint density at radius 2 is 1.59 bits per heavy atom. The molecule has 138 valence electrons. The number of nitrogens with one attached hydrogen (secondary N) is 2. The number of nitrogens with zero attached hydrogens (tertiary/aromatic N) is 2. The molecular weight excluding hydrogens is 360 g/mol.